The first-order chi connectivity index (χ1) is 10.4. The van der Waals surface area contributed by atoms with Gasteiger partial charge in [0.25, 0.3) is 0 Å². The van der Waals surface area contributed by atoms with E-state index >= 15 is 0 Å². The molecule has 0 bridgehead atoms. The summed E-state index contributed by atoms with van der Waals surface area (Å²) in [5.41, 5.74) is 1.94. The van der Waals surface area contributed by atoms with Gasteiger partial charge in [0, 0.05) is 38.6 Å². The number of methoxy groups -OCH3 is 1. The van der Waals surface area contributed by atoms with Crippen LogP contribution >= 0.6 is 12.4 Å². The van der Waals surface area contributed by atoms with Gasteiger partial charge in [0.2, 0.25) is 0 Å². The van der Waals surface area contributed by atoms with Gasteiger partial charge >= 0.3 is 6.18 Å². The van der Waals surface area contributed by atoms with E-state index < -0.39 is 12.6 Å². The molecule has 2 rings (SSSR count). The topological polar surface area (TPSA) is 24.5 Å². The van der Waals surface area contributed by atoms with Crippen molar-refractivity contribution in [3.63, 3.8) is 0 Å². The lowest BCUT2D eigenvalue weighted by molar-refractivity contribution is -0.138. The largest absolute Gasteiger partial charge is 0.497 e. The van der Waals surface area contributed by atoms with Crippen molar-refractivity contribution in [2.45, 2.75) is 32.0 Å². The molecule has 0 aromatic heterocycles. The maximum absolute atomic E-state index is 12.7. The van der Waals surface area contributed by atoms with Crippen LogP contribution in [0.25, 0.3) is 0 Å². The number of hydrogen-bond donors (Lipinski definition) is 1. The van der Waals surface area contributed by atoms with E-state index in [1.165, 1.54) is 0 Å². The van der Waals surface area contributed by atoms with Crippen LogP contribution in [0.2, 0.25) is 0 Å². The van der Waals surface area contributed by atoms with Crippen molar-refractivity contribution in [3.8, 4) is 5.75 Å². The molecule has 3 nitrogen and oxygen atoms in total. The third-order valence-corrected chi connectivity index (χ3v) is 4.13. The first-order valence-corrected chi connectivity index (χ1v) is 7.57. The van der Waals surface area contributed by atoms with Crippen molar-refractivity contribution in [2.24, 2.45) is 0 Å². The van der Waals surface area contributed by atoms with Crippen LogP contribution in [0.1, 0.15) is 30.0 Å². The Morgan fingerprint density at radius 1 is 1.26 bits per heavy atom. The molecule has 0 unspecified atom stereocenters. The highest BCUT2D eigenvalue weighted by Crippen LogP contribution is 2.34. The Kier molecular flexibility index (Phi) is 7.64. The molecule has 1 aliphatic heterocycles. The first-order valence-electron chi connectivity index (χ1n) is 7.57. The number of hydrogen-bond acceptors (Lipinski definition) is 3. The van der Waals surface area contributed by atoms with Crippen molar-refractivity contribution in [2.75, 3.05) is 33.3 Å². The number of piperazine rings is 1. The highest BCUT2D eigenvalue weighted by molar-refractivity contribution is 5.85. The Balaban J connectivity index is 0.00000264. The number of nitrogens with one attached hydrogen (secondary N) is 1. The monoisotopic (exact) mass is 352 g/mol. The molecule has 0 amide bonds. The molecule has 1 aromatic rings. The fourth-order valence-electron chi connectivity index (χ4n) is 2.98. The summed E-state index contributed by atoms with van der Waals surface area (Å²) in [6.45, 7) is 5.11. The van der Waals surface area contributed by atoms with Gasteiger partial charge in [-0.25, -0.2) is 0 Å². The second-order valence-corrected chi connectivity index (χ2v) is 5.68. The van der Waals surface area contributed by atoms with Crippen LogP contribution in [0, 0.1) is 6.92 Å². The molecule has 1 fully saturated rings. The molecule has 132 valence electrons. The van der Waals surface area contributed by atoms with Crippen molar-refractivity contribution in [3.05, 3.63) is 29.3 Å². The summed E-state index contributed by atoms with van der Waals surface area (Å²) < 4.78 is 43.2. The average molecular weight is 353 g/mol. The van der Waals surface area contributed by atoms with Gasteiger partial charge in [0.15, 0.2) is 0 Å². The number of nitrogens with zero attached hydrogens (tertiary/aromatic N) is 1. The maximum Gasteiger partial charge on any atom is 0.389 e. The molecule has 0 saturated carbocycles. The van der Waals surface area contributed by atoms with Gasteiger partial charge in [-0.15, -0.1) is 12.4 Å². The summed E-state index contributed by atoms with van der Waals surface area (Å²) in [4.78, 5) is 2.15. The standard InChI is InChI=1S/C16H23F3N2O.ClH/c1-12-11-13(22-2)3-4-14(12)15(5-6-16(17,18)19)21-9-7-20-8-10-21;/h3-4,11,15,20H,5-10H2,1-2H3;1H/t15-;/m1./s1. The highest BCUT2D eigenvalue weighted by atomic mass is 35.5. The molecule has 1 saturated heterocycles. The molecule has 7 heteroatoms. The molecule has 1 aliphatic rings. The summed E-state index contributed by atoms with van der Waals surface area (Å²) in [5.74, 6) is 0.733. The Morgan fingerprint density at radius 3 is 2.43 bits per heavy atom. The highest BCUT2D eigenvalue weighted by Gasteiger charge is 2.31. The lowest BCUT2D eigenvalue weighted by Crippen LogP contribution is -2.45. The number of alkyl halides is 3. The molecule has 1 aromatic carbocycles. The lowest BCUT2D eigenvalue weighted by Gasteiger charge is -2.36. The zero-order valence-electron chi connectivity index (χ0n) is 13.4. The van der Waals surface area contributed by atoms with Gasteiger partial charge < -0.3 is 10.1 Å². The van der Waals surface area contributed by atoms with E-state index in [2.05, 4.69) is 10.2 Å². The minimum absolute atomic E-state index is 0. The van der Waals surface area contributed by atoms with Gasteiger partial charge in [0.05, 0.1) is 7.11 Å². The summed E-state index contributed by atoms with van der Waals surface area (Å²) in [6, 6.07) is 5.41. The number of ether oxygens (including phenoxy) is 1. The molecule has 1 heterocycles. The number of aryl methyl sites for hydroxylation is 1. The minimum Gasteiger partial charge on any atom is -0.497 e. The normalized spacial score (nSPS) is 17.4. The Hall–Kier alpha value is -0.980. The third-order valence-electron chi connectivity index (χ3n) is 4.13. The van der Waals surface area contributed by atoms with Crippen LogP contribution in [0.15, 0.2) is 18.2 Å². The van der Waals surface area contributed by atoms with Gasteiger partial charge in [0.1, 0.15) is 5.75 Å². The van der Waals surface area contributed by atoms with Crippen molar-refractivity contribution in [1.82, 2.24) is 10.2 Å². The Labute approximate surface area is 141 Å². The smallest absolute Gasteiger partial charge is 0.389 e. The van der Waals surface area contributed by atoms with Gasteiger partial charge in [-0.05, 0) is 36.6 Å². The van der Waals surface area contributed by atoms with Crippen LogP contribution in [0.3, 0.4) is 0 Å². The number of rotatable bonds is 5. The van der Waals surface area contributed by atoms with E-state index in [1.807, 2.05) is 25.1 Å². The van der Waals surface area contributed by atoms with Crippen molar-refractivity contribution in [1.29, 1.82) is 0 Å². The van der Waals surface area contributed by atoms with E-state index in [9.17, 15) is 13.2 Å². The van der Waals surface area contributed by atoms with Gasteiger partial charge in [-0.3, -0.25) is 4.90 Å². The maximum atomic E-state index is 12.7. The van der Waals surface area contributed by atoms with Gasteiger partial charge in [-0.2, -0.15) is 13.2 Å². The Morgan fingerprint density at radius 2 is 1.91 bits per heavy atom. The molecule has 23 heavy (non-hydrogen) atoms. The SMILES string of the molecule is COc1ccc([C@@H](CCC(F)(F)F)N2CCNCC2)c(C)c1.Cl. The quantitative estimate of drug-likeness (QED) is 0.874. The summed E-state index contributed by atoms with van der Waals surface area (Å²) in [5, 5.41) is 3.24. The van der Waals surface area contributed by atoms with E-state index in [0.29, 0.717) is 0 Å². The van der Waals surface area contributed by atoms with Crippen LogP contribution in [-0.4, -0.2) is 44.4 Å². The second-order valence-electron chi connectivity index (χ2n) is 5.68. The third kappa shape index (κ3) is 5.86. The summed E-state index contributed by atoms with van der Waals surface area (Å²) in [7, 11) is 1.59. The van der Waals surface area contributed by atoms with Crippen LogP contribution < -0.4 is 10.1 Å². The number of benzene rings is 1. The molecule has 0 aliphatic carbocycles. The van der Waals surface area contributed by atoms with Crippen LogP contribution in [-0.2, 0) is 0 Å². The van der Waals surface area contributed by atoms with Crippen LogP contribution in [0.5, 0.6) is 5.75 Å². The van der Waals surface area contributed by atoms with E-state index in [4.69, 9.17) is 4.74 Å². The zero-order valence-corrected chi connectivity index (χ0v) is 14.3. The molecule has 1 N–H and O–H groups in total. The van der Waals surface area contributed by atoms with E-state index in [1.54, 1.807) is 7.11 Å². The molecular weight excluding hydrogens is 329 g/mol. The Bertz CT molecular complexity index is 491. The predicted molar refractivity (Wildman–Crippen MR) is 87.5 cm³/mol. The summed E-state index contributed by atoms with van der Waals surface area (Å²) in [6.07, 6.45) is -4.78. The molecular formula is C16H24ClF3N2O. The zero-order chi connectivity index (χ0) is 16.2. The van der Waals surface area contributed by atoms with Crippen molar-refractivity contribution < 1.29 is 17.9 Å². The summed E-state index contributed by atoms with van der Waals surface area (Å²) >= 11 is 0. The second kappa shape index (κ2) is 8.76. The van der Waals surface area contributed by atoms with Crippen molar-refractivity contribution >= 4 is 12.4 Å². The minimum atomic E-state index is -4.12. The predicted octanol–water partition coefficient (Wildman–Crippen LogP) is 3.71. The molecule has 0 spiro atoms. The fraction of sp³-hybridized carbons (Fsp3) is 0.625. The molecule has 1 atom stereocenters. The number of halogens is 4. The molecule has 0 radical (unpaired) electrons. The van der Waals surface area contributed by atoms with Crippen LogP contribution in [0.4, 0.5) is 13.2 Å². The van der Waals surface area contributed by atoms with Gasteiger partial charge in [-0.1, -0.05) is 6.07 Å². The van der Waals surface area contributed by atoms with E-state index in [0.717, 1.165) is 43.1 Å². The average Bonchev–Trinajstić information content (AvgIpc) is 2.48. The lowest BCUT2D eigenvalue weighted by atomic mass is 9.95. The van der Waals surface area contributed by atoms with E-state index in [-0.39, 0.29) is 24.9 Å². The fourth-order valence-corrected chi connectivity index (χ4v) is 2.98. The first kappa shape index (κ1) is 20.1.